The van der Waals surface area contributed by atoms with Crippen molar-refractivity contribution in [3.63, 3.8) is 0 Å². The molecule has 1 atom stereocenters. The average Bonchev–Trinajstić information content (AvgIpc) is 2.35. The van der Waals surface area contributed by atoms with E-state index in [0.717, 1.165) is 11.5 Å². The number of hydrogen-bond donors (Lipinski definition) is 2. The van der Waals surface area contributed by atoms with Crippen LogP contribution in [0, 0.1) is 0 Å². The molecule has 2 heterocycles. The quantitative estimate of drug-likeness (QED) is 0.577. The van der Waals surface area contributed by atoms with Crippen molar-refractivity contribution in [3.05, 3.63) is 6.20 Å². The van der Waals surface area contributed by atoms with Gasteiger partial charge in [-0.05, 0) is 6.92 Å². The third-order valence-corrected chi connectivity index (χ3v) is 1.94. The van der Waals surface area contributed by atoms with Crippen molar-refractivity contribution < 1.29 is 4.79 Å². The molecule has 1 aliphatic rings. The predicted molar refractivity (Wildman–Crippen MR) is 44.9 cm³/mol. The minimum Gasteiger partial charge on any atom is -0.357 e. The highest BCUT2D eigenvalue weighted by molar-refractivity contribution is 6.01. The standard InChI is InChI=1S/C7H10N4O/c1-4-7(12)10-5-3-8-11(2)6(5)9-4/h3-4,9H,1-2H3,(H,10,12). The SMILES string of the molecule is CC1Nc2c(cnn2C)NC1=O. The summed E-state index contributed by atoms with van der Waals surface area (Å²) in [4.78, 5) is 11.2. The maximum atomic E-state index is 11.2. The van der Waals surface area contributed by atoms with Crippen molar-refractivity contribution >= 4 is 17.4 Å². The van der Waals surface area contributed by atoms with E-state index in [9.17, 15) is 4.79 Å². The monoisotopic (exact) mass is 166 g/mol. The molecule has 5 nitrogen and oxygen atoms in total. The van der Waals surface area contributed by atoms with Crippen LogP contribution in [0.2, 0.25) is 0 Å². The van der Waals surface area contributed by atoms with Crippen LogP contribution < -0.4 is 10.6 Å². The number of nitrogens with one attached hydrogen (secondary N) is 2. The first kappa shape index (κ1) is 7.15. The molecule has 0 aliphatic carbocycles. The molecule has 0 radical (unpaired) electrons. The van der Waals surface area contributed by atoms with Crippen molar-refractivity contribution in [1.82, 2.24) is 9.78 Å². The van der Waals surface area contributed by atoms with Gasteiger partial charge >= 0.3 is 0 Å². The Kier molecular flexibility index (Phi) is 1.33. The summed E-state index contributed by atoms with van der Waals surface area (Å²) in [5, 5.41) is 9.80. The fraction of sp³-hybridized carbons (Fsp3) is 0.429. The summed E-state index contributed by atoms with van der Waals surface area (Å²) < 4.78 is 1.70. The highest BCUT2D eigenvalue weighted by Crippen LogP contribution is 2.24. The van der Waals surface area contributed by atoms with E-state index in [2.05, 4.69) is 15.7 Å². The van der Waals surface area contributed by atoms with Gasteiger partial charge in [0.15, 0.2) is 0 Å². The number of fused-ring (bicyclic) bond motifs is 1. The molecular weight excluding hydrogens is 156 g/mol. The molecule has 2 rings (SSSR count). The predicted octanol–water partition coefficient (Wildman–Crippen LogP) is 0.173. The maximum Gasteiger partial charge on any atom is 0.246 e. The fourth-order valence-electron chi connectivity index (χ4n) is 1.21. The molecule has 12 heavy (non-hydrogen) atoms. The van der Waals surface area contributed by atoms with Gasteiger partial charge in [0.05, 0.1) is 6.20 Å². The molecule has 1 amide bonds. The van der Waals surface area contributed by atoms with Crippen LogP contribution in [0.4, 0.5) is 11.5 Å². The molecule has 5 heteroatoms. The van der Waals surface area contributed by atoms with Gasteiger partial charge < -0.3 is 10.6 Å². The van der Waals surface area contributed by atoms with E-state index in [0.29, 0.717) is 0 Å². The molecule has 0 saturated carbocycles. The van der Waals surface area contributed by atoms with E-state index in [-0.39, 0.29) is 11.9 Å². The first-order valence-electron chi connectivity index (χ1n) is 3.78. The minimum atomic E-state index is -0.187. The summed E-state index contributed by atoms with van der Waals surface area (Å²) >= 11 is 0. The molecule has 2 N–H and O–H groups in total. The second-order valence-corrected chi connectivity index (χ2v) is 2.89. The second-order valence-electron chi connectivity index (χ2n) is 2.89. The number of rotatable bonds is 0. The summed E-state index contributed by atoms with van der Waals surface area (Å²) in [5.74, 6) is 0.845. The van der Waals surface area contributed by atoms with Crippen molar-refractivity contribution in [2.24, 2.45) is 7.05 Å². The summed E-state index contributed by atoms with van der Waals surface area (Å²) in [5.41, 5.74) is 0.751. The number of nitrogens with zero attached hydrogens (tertiary/aromatic N) is 2. The van der Waals surface area contributed by atoms with Crippen LogP contribution in [0.5, 0.6) is 0 Å². The Bertz CT molecular complexity index is 330. The Hall–Kier alpha value is -1.52. The highest BCUT2D eigenvalue weighted by Gasteiger charge is 2.23. The molecule has 1 unspecified atom stereocenters. The number of aromatic nitrogens is 2. The molecule has 1 aliphatic heterocycles. The number of carbonyl (C=O) groups excluding carboxylic acids is 1. The van der Waals surface area contributed by atoms with Crippen LogP contribution in [0.1, 0.15) is 6.92 Å². The van der Waals surface area contributed by atoms with Gasteiger partial charge in [-0.1, -0.05) is 0 Å². The zero-order valence-electron chi connectivity index (χ0n) is 6.96. The van der Waals surface area contributed by atoms with E-state index in [1.165, 1.54) is 0 Å². The molecular formula is C7H10N4O. The van der Waals surface area contributed by atoms with Crippen LogP contribution >= 0.6 is 0 Å². The van der Waals surface area contributed by atoms with E-state index in [1.807, 2.05) is 14.0 Å². The van der Waals surface area contributed by atoms with Gasteiger partial charge in [-0.3, -0.25) is 9.48 Å². The Labute approximate surface area is 69.8 Å². The summed E-state index contributed by atoms with van der Waals surface area (Å²) in [6, 6.07) is -0.187. The van der Waals surface area contributed by atoms with Gasteiger partial charge in [-0.15, -0.1) is 0 Å². The topological polar surface area (TPSA) is 59.0 Å². The van der Waals surface area contributed by atoms with Crippen molar-refractivity contribution in [3.8, 4) is 0 Å². The van der Waals surface area contributed by atoms with Gasteiger partial charge in [0.1, 0.15) is 17.5 Å². The molecule has 0 fully saturated rings. The van der Waals surface area contributed by atoms with Gasteiger partial charge in [0.25, 0.3) is 0 Å². The molecule has 0 saturated heterocycles. The lowest BCUT2D eigenvalue weighted by Crippen LogP contribution is -2.36. The van der Waals surface area contributed by atoms with Gasteiger partial charge in [0.2, 0.25) is 5.91 Å². The first-order chi connectivity index (χ1) is 5.68. The number of anilines is 2. The Balaban J connectivity index is 2.43. The fourth-order valence-corrected chi connectivity index (χ4v) is 1.21. The second kappa shape index (κ2) is 2.23. The zero-order chi connectivity index (χ0) is 8.72. The number of amides is 1. The smallest absolute Gasteiger partial charge is 0.246 e. The molecule has 0 bridgehead atoms. The molecule has 1 aromatic rings. The molecule has 1 aromatic heterocycles. The Morgan fingerprint density at radius 2 is 2.42 bits per heavy atom. The average molecular weight is 166 g/mol. The van der Waals surface area contributed by atoms with Crippen LogP contribution in [0.25, 0.3) is 0 Å². The van der Waals surface area contributed by atoms with Gasteiger partial charge in [0, 0.05) is 7.05 Å². The van der Waals surface area contributed by atoms with E-state index in [1.54, 1.807) is 10.9 Å². The number of hydrogen-bond acceptors (Lipinski definition) is 3. The normalized spacial score (nSPS) is 21.2. The highest BCUT2D eigenvalue weighted by atomic mass is 16.2. The minimum absolute atomic E-state index is 0.0181. The zero-order valence-corrected chi connectivity index (χ0v) is 6.96. The van der Waals surface area contributed by atoms with Crippen molar-refractivity contribution in [2.45, 2.75) is 13.0 Å². The lowest BCUT2D eigenvalue weighted by atomic mass is 10.2. The summed E-state index contributed by atoms with van der Waals surface area (Å²) in [7, 11) is 1.83. The van der Waals surface area contributed by atoms with Crippen LogP contribution in [0.15, 0.2) is 6.20 Å². The third-order valence-electron chi connectivity index (χ3n) is 1.94. The van der Waals surface area contributed by atoms with Crippen LogP contribution in [0.3, 0.4) is 0 Å². The third kappa shape index (κ3) is 0.861. The van der Waals surface area contributed by atoms with E-state index >= 15 is 0 Å². The van der Waals surface area contributed by atoms with Gasteiger partial charge in [-0.25, -0.2) is 0 Å². The summed E-state index contributed by atoms with van der Waals surface area (Å²) in [6.45, 7) is 1.81. The van der Waals surface area contributed by atoms with Crippen LogP contribution in [-0.4, -0.2) is 21.7 Å². The molecule has 0 aromatic carbocycles. The lowest BCUT2D eigenvalue weighted by Gasteiger charge is -2.21. The molecule has 64 valence electrons. The largest absolute Gasteiger partial charge is 0.357 e. The Morgan fingerprint density at radius 1 is 1.67 bits per heavy atom. The number of aryl methyl sites for hydroxylation is 1. The lowest BCUT2D eigenvalue weighted by molar-refractivity contribution is -0.116. The first-order valence-corrected chi connectivity index (χ1v) is 3.78. The van der Waals surface area contributed by atoms with E-state index < -0.39 is 0 Å². The number of carbonyl (C=O) groups is 1. The van der Waals surface area contributed by atoms with Gasteiger partial charge in [-0.2, -0.15) is 5.10 Å². The Morgan fingerprint density at radius 3 is 3.17 bits per heavy atom. The molecule has 0 spiro atoms. The van der Waals surface area contributed by atoms with Crippen molar-refractivity contribution in [2.75, 3.05) is 10.6 Å². The van der Waals surface area contributed by atoms with E-state index in [4.69, 9.17) is 0 Å². The summed E-state index contributed by atoms with van der Waals surface area (Å²) in [6.07, 6.45) is 1.63. The maximum absolute atomic E-state index is 11.2. The van der Waals surface area contributed by atoms with Crippen molar-refractivity contribution in [1.29, 1.82) is 0 Å². The van der Waals surface area contributed by atoms with Crippen LogP contribution in [-0.2, 0) is 11.8 Å².